The summed E-state index contributed by atoms with van der Waals surface area (Å²) in [5.74, 6) is -0.852. The van der Waals surface area contributed by atoms with Crippen molar-refractivity contribution >= 4 is 16.0 Å². The Morgan fingerprint density at radius 2 is 1.40 bits per heavy atom. The van der Waals surface area contributed by atoms with Crippen LogP contribution in [0.5, 0.6) is 11.5 Å². The summed E-state index contributed by atoms with van der Waals surface area (Å²) >= 11 is 0. The van der Waals surface area contributed by atoms with Crippen LogP contribution >= 0.6 is 0 Å². The highest BCUT2D eigenvalue weighted by Crippen LogP contribution is 2.32. The van der Waals surface area contributed by atoms with E-state index in [4.69, 9.17) is 4.74 Å². The van der Waals surface area contributed by atoms with Crippen molar-refractivity contribution in [3.8, 4) is 11.5 Å². The summed E-state index contributed by atoms with van der Waals surface area (Å²) < 4.78 is 46.7. The van der Waals surface area contributed by atoms with Gasteiger partial charge in [0.1, 0.15) is 22.9 Å². The Hall–Kier alpha value is -3.23. The Kier molecular flexibility index (Phi) is 5.05. The lowest BCUT2D eigenvalue weighted by atomic mass is 9.98. The Bertz CT molecular complexity index is 1170. The fourth-order valence-electron chi connectivity index (χ4n) is 3.52. The molecule has 0 atom stereocenters. The zero-order chi connectivity index (χ0) is 21.4. The highest BCUT2D eigenvalue weighted by Gasteiger charge is 2.47. The number of carboxylic acids is 1. The first-order valence-corrected chi connectivity index (χ1v) is 10.6. The molecule has 4 rings (SSSR count). The van der Waals surface area contributed by atoms with Crippen LogP contribution in [0.1, 0.15) is 11.1 Å². The standard InChI is InChI=1S/C22H18FNO5S/c23-17-5-7-18(8-6-17)29-19-9-11-20(12-10-19)30(27,28)24-22(21(25)26)13-15-3-1-2-4-16(15)14-22/h1-12,24H,13-14H2,(H,25,26). The van der Waals surface area contributed by atoms with Gasteiger partial charge in [-0.15, -0.1) is 0 Å². The largest absolute Gasteiger partial charge is 0.480 e. The SMILES string of the molecule is O=C(O)C1(NS(=O)(=O)c2ccc(Oc3ccc(F)cc3)cc2)Cc2ccccc2C1. The van der Waals surface area contributed by atoms with Gasteiger partial charge in [0.25, 0.3) is 0 Å². The van der Waals surface area contributed by atoms with Crippen LogP contribution in [0.2, 0.25) is 0 Å². The number of benzene rings is 3. The van der Waals surface area contributed by atoms with Crippen molar-refractivity contribution in [2.24, 2.45) is 0 Å². The molecule has 1 aliphatic rings. The minimum atomic E-state index is -4.10. The Balaban J connectivity index is 1.54. The average Bonchev–Trinajstić information content (AvgIpc) is 3.09. The van der Waals surface area contributed by atoms with Gasteiger partial charge in [0.05, 0.1) is 4.90 Å². The van der Waals surface area contributed by atoms with Gasteiger partial charge in [0.2, 0.25) is 10.0 Å². The fraction of sp³-hybridized carbons (Fsp3) is 0.136. The molecule has 30 heavy (non-hydrogen) atoms. The number of sulfonamides is 1. The molecule has 3 aromatic rings. The smallest absolute Gasteiger partial charge is 0.325 e. The molecule has 2 N–H and O–H groups in total. The van der Waals surface area contributed by atoms with Gasteiger partial charge < -0.3 is 9.84 Å². The summed E-state index contributed by atoms with van der Waals surface area (Å²) in [6.07, 6.45) is 0.146. The van der Waals surface area contributed by atoms with Crippen molar-refractivity contribution < 1.29 is 27.4 Å². The van der Waals surface area contributed by atoms with Gasteiger partial charge in [-0.25, -0.2) is 12.8 Å². The number of carboxylic acid groups (broad SMARTS) is 1. The van der Waals surface area contributed by atoms with Crippen molar-refractivity contribution in [2.75, 3.05) is 0 Å². The highest BCUT2D eigenvalue weighted by atomic mass is 32.2. The van der Waals surface area contributed by atoms with E-state index in [2.05, 4.69) is 4.72 Å². The predicted molar refractivity (Wildman–Crippen MR) is 107 cm³/mol. The topological polar surface area (TPSA) is 92.7 Å². The number of rotatable bonds is 6. The number of ether oxygens (including phenoxy) is 1. The molecule has 3 aromatic carbocycles. The summed E-state index contributed by atoms with van der Waals surface area (Å²) in [5.41, 5.74) is -0.0116. The maximum atomic E-state index is 13.0. The molecular formula is C22H18FNO5S. The summed E-state index contributed by atoms with van der Waals surface area (Å²) in [4.78, 5) is 11.9. The van der Waals surface area contributed by atoms with Gasteiger partial charge in [0, 0.05) is 12.8 Å². The van der Waals surface area contributed by atoms with Crippen LogP contribution in [-0.2, 0) is 27.7 Å². The van der Waals surface area contributed by atoms with E-state index in [-0.39, 0.29) is 17.7 Å². The zero-order valence-corrected chi connectivity index (χ0v) is 16.5. The van der Waals surface area contributed by atoms with Crippen LogP contribution < -0.4 is 9.46 Å². The average molecular weight is 427 g/mol. The number of hydrogen-bond donors (Lipinski definition) is 2. The van der Waals surface area contributed by atoms with E-state index >= 15 is 0 Å². The highest BCUT2D eigenvalue weighted by molar-refractivity contribution is 7.89. The minimum Gasteiger partial charge on any atom is -0.480 e. The van der Waals surface area contributed by atoms with Crippen LogP contribution in [-0.4, -0.2) is 25.0 Å². The maximum absolute atomic E-state index is 13.0. The molecule has 0 fully saturated rings. The van der Waals surface area contributed by atoms with E-state index in [1.54, 1.807) is 24.3 Å². The van der Waals surface area contributed by atoms with E-state index in [0.717, 1.165) is 11.1 Å². The van der Waals surface area contributed by atoms with Crippen LogP contribution in [0.25, 0.3) is 0 Å². The number of nitrogens with one attached hydrogen (secondary N) is 1. The molecular weight excluding hydrogens is 409 g/mol. The van der Waals surface area contributed by atoms with Crippen molar-refractivity contribution in [3.05, 3.63) is 89.7 Å². The first-order chi connectivity index (χ1) is 14.3. The quantitative estimate of drug-likeness (QED) is 0.628. The minimum absolute atomic E-state index is 0.0729. The maximum Gasteiger partial charge on any atom is 0.325 e. The second-order valence-electron chi connectivity index (χ2n) is 7.14. The van der Waals surface area contributed by atoms with Crippen LogP contribution in [0.3, 0.4) is 0 Å². The molecule has 0 spiro atoms. The van der Waals surface area contributed by atoms with Crippen molar-refractivity contribution in [2.45, 2.75) is 23.3 Å². The summed E-state index contributed by atoms with van der Waals surface area (Å²) in [6.45, 7) is 0. The molecule has 0 bridgehead atoms. The molecule has 0 unspecified atom stereocenters. The molecule has 0 saturated carbocycles. The van der Waals surface area contributed by atoms with Gasteiger partial charge in [-0.1, -0.05) is 24.3 Å². The van der Waals surface area contributed by atoms with Crippen LogP contribution in [0, 0.1) is 5.82 Å². The van der Waals surface area contributed by atoms with Gasteiger partial charge in [0.15, 0.2) is 0 Å². The van der Waals surface area contributed by atoms with Gasteiger partial charge in [-0.05, 0) is 59.7 Å². The molecule has 0 aromatic heterocycles. The number of fused-ring (bicyclic) bond motifs is 1. The van der Waals surface area contributed by atoms with Crippen molar-refractivity contribution in [1.29, 1.82) is 0 Å². The van der Waals surface area contributed by atoms with Gasteiger partial charge in [-0.2, -0.15) is 4.72 Å². The van der Waals surface area contributed by atoms with E-state index in [1.807, 2.05) is 0 Å². The summed E-state index contributed by atoms with van der Waals surface area (Å²) in [7, 11) is -4.10. The van der Waals surface area contributed by atoms with Crippen LogP contribution in [0.15, 0.2) is 77.7 Å². The zero-order valence-electron chi connectivity index (χ0n) is 15.7. The molecule has 0 amide bonds. The lowest BCUT2D eigenvalue weighted by molar-refractivity contribution is -0.143. The van der Waals surface area contributed by atoms with E-state index < -0.39 is 27.3 Å². The lowest BCUT2D eigenvalue weighted by Crippen LogP contribution is -2.55. The summed E-state index contributed by atoms with van der Waals surface area (Å²) in [5, 5.41) is 9.80. The second-order valence-corrected chi connectivity index (χ2v) is 8.82. The van der Waals surface area contributed by atoms with Gasteiger partial charge >= 0.3 is 5.97 Å². The van der Waals surface area contributed by atoms with E-state index in [9.17, 15) is 22.7 Å². The third kappa shape index (κ3) is 3.92. The normalized spacial score (nSPS) is 14.8. The van der Waals surface area contributed by atoms with Crippen molar-refractivity contribution in [1.82, 2.24) is 4.72 Å². The molecule has 0 heterocycles. The Morgan fingerprint density at radius 3 is 1.90 bits per heavy atom. The first-order valence-electron chi connectivity index (χ1n) is 9.15. The number of aliphatic carboxylic acids is 1. The Labute approximate surface area is 173 Å². The Morgan fingerprint density at radius 1 is 0.900 bits per heavy atom. The molecule has 154 valence electrons. The van der Waals surface area contributed by atoms with Crippen molar-refractivity contribution in [3.63, 3.8) is 0 Å². The molecule has 0 aliphatic heterocycles. The second kappa shape index (κ2) is 7.55. The number of hydrogen-bond acceptors (Lipinski definition) is 4. The third-order valence-electron chi connectivity index (χ3n) is 5.03. The lowest BCUT2D eigenvalue weighted by Gasteiger charge is -2.25. The molecule has 6 nitrogen and oxygen atoms in total. The van der Waals surface area contributed by atoms with E-state index in [1.165, 1.54) is 48.5 Å². The molecule has 0 saturated heterocycles. The monoisotopic (exact) mass is 427 g/mol. The predicted octanol–water partition coefficient (Wildman–Crippen LogP) is 3.52. The first kappa shape index (κ1) is 20.1. The van der Waals surface area contributed by atoms with E-state index in [0.29, 0.717) is 11.5 Å². The number of carbonyl (C=O) groups is 1. The molecule has 8 heteroatoms. The van der Waals surface area contributed by atoms with Gasteiger partial charge in [-0.3, -0.25) is 4.79 Å². The van der Waals surface area contributed by atoms with Crippen LogP contribution in [0.4, 0.5) is 4.39 Å². The summed E-state index contributed by atoms with van der Waals surface area (Å²) in [6, 6.07) is 18.2. The molecule has 0 radical (unpaired) electrons. The molecule has 1 aliphatic carbocycles. The number of halogens is 1. The third-order valence-corrected chi connectivity index (χ3v) is 6.58. The fourth-order valence-corrected chi connectivity index (χ4v) is 4.88.